The number of amides is 1. The monoisotopic (exact) mass is 362 g/mol. The summed E-state index contributed by atoms with van der Waals surface area (Å²) in [5.74, 6) is 0.0894. The van der Waals surface area contributed by atoms with Crippen LogP contribution in [0.1, 0.15) is 26.7 Å². The molecule has 2 aromatic carbocycles. The van der Waals surface area contributed by atoms with Gasteiger partial charge in [0.2, 0.25) is 5.91 Å². The summed E-state index contributed by atoms with van der Waals surface area (Å²) in [6.45, 7) is 5.92. The van der Waals surface area contributed by atoms with E-state index in [2.05, 4.69) is 13.8 Å². The molecular formula is C23H26N2O2. The molecule has 0 bridgehead atoms. The van der Waals surface area contributed by atoms with Crippen molar-refractivity contribution in [3.05, 3.63) is 71.0 Å². The van der Waals surface area contributed by atoms with E-state index < -0.39 is 0 Å². The average molecular weight is 362 g/mol. The molecule has 27 heavy (non-hydrogen) atoms. The van der Waals surface area contributed by atoms with Gasteiger partial charge in [-0.1, -0.05) is 56.3 Å². The molecule has 1 amide bonds. The lowest BCUT2D eigenvalue weighted by Crippen LogP contribution is -2.35. The summed E-state index contributed by atoms with van der Waals surface area (Å²) in [4.78, 5) is 27.8. The third-order valence-corrected chi connectivity index (χ3v) is 4.72. The van der Waals surface area contributed by atoms with Crippen LogP contribution in [0.5, 0.6) is 0 Å². The molecule has 4 heteroatoms. The number of nitrogens with zero attached hydrogens (tertiary/aromatic N) is 2. The Hall–Kier alpha value is -2.88. The molecule has 0 aliphatic carbocycles. The third-order valence-electron chi connectivity index (χ3n) is 4.72. The maximum Gasteiger partial charge on any atom is 0.242 e. The summed E-state index contributed by atoms with van der Waals surface area (Å²) >= 11 is 0. The van der Waals surface area contributed by atoms with Gasteiger partial charge in [0.15, 0.2) is 5.43 Å². The van der Waals surface area contributed by atoms with Crippen LogP contribution >= 0.6 is 0 Å². The summed E-state index contributed by atoms with van der Waals surface area (Å²) in [7, 11) is 0. The predicted molar refractivity (Wildman–Crippen MR) is 111 cm³/mol. The predicted octanol–water partition coefficient (Wildman–Crippen LogP) is 4.32. The van der Waals surface area contributed by atoms with Crippen LogP contribution in [0.3, 0.4) is 0 Å². The fourth-order valence-electron chi connectivity index (χ4n) is 3.45. The van der Waals surface area contributed by atoms with Crippen molar-refractivity contribution in [2.75, 3.05) is 13.1 Å². The zero-order chi connectivity index (χ0) is 19.2. The molecule has 0 aliphatic rings. The lowest BCUT2D eigenvalue weighted by atomic mass is 10.0. The first kappa shape index (κ1) is 18.9. The van der Waals surface area contributed by atoms with Crippen molar-refractivity contribution in [1.82, 2.24) is 9.47 Å². The Morgan fingerprint density at radius 2 is 1.56 bits per heavy atom. The second kappa shape index (κ2) is 8.67. The van der Waals surface area contributed by atoms with Gasteiger partial charge in [-0.3, -0.25) is 9.59 Å². The van der Waals surface area contributed by atoms with E-state index in [1.807, 2.05) is 70.3 Å². The lowest BCUT2D eigenvalue weighted by molar-refractivity contribution is -0.131. The molecular weight excluding hydrogens is 336 g/mol. The second-order valence-corrected chi connectivity index (χ2v) is 6.76. The molecule has 0 atom stereocenters. The lowest BCUT2D eigenvalue weighted by Gasteiger charge is -2.23. The van der Waals surface area contributed by atoms with E-state index in [0.717, 1.165) is 37.0 Å². The van der Waals surface area contributed by atoms with E-state index in [0.29, 0.717) is 10.9 Å². The van der Waals surface area contributed by atoms with Gasteiger partial charge in [-0.2, -0.15) is 0 Å². The Bertz CT molecular complexity index is 971. The van der Waals surface area contributed by atoms with Gasteiger partial charge in [0, 0.05) is 30.2 Å². The number of carbonyl (C=O) groups excluding carboxylic acids is 1. The highest BCUT2D eigenvalue weighted by molar-refractivity contribution is 5.86. The van der Waals surface area contributed by atoms with Crippen LogP contribution in [0.15, 0.2) is 65.6 Å². The van der Waals surface area contributed by atoms with Crippen LogP contribution in [0.25, 0.3) is 22.0 Å². The van der Waals surface area contributed by atoms with Crippen LogP contribution < -0.4 is 5.43 Å². The Kier molecular flexibility index (Phi) is 6.07. The average Bonchev–Trinajstić information content (AvgIpc) is 2.70. The summed E-state index contributed by atoms with van der Waals surface area (Å²) in [5.41, 5.74) is 2.29. The molecule has 0 radical (unpaired) electrons. The molecule has 1 aromatic heterocycles. The summed E-state index contributed by atoms with van der Waals surface area (Å²) in [6.07, 6.45) is 3.70. The van der Waals surface area contributed by atoms with Crippen LogP contribution in [-0.2, 0) is 11.3 Å². The molecule has 1 heterocycles. The van der Waals surface area contributed by atoms with Gasteiger partial charge in [-0.05, 0) is 30.5 Å². The molecule has 0 unspecified atom stereocenters. The molecule has 0 saturated carbocycles. The number of rotatable bonds is 7. The molecule has 0 fully saturated rings. The first-order valence-electron chi connectivity index (χ1n) is 9.61. The molecule has 0 spiro atoms. The number of aromatic nitrogens is 1. The zero-order valence-electron chi connectivity index (χ0n) is 16.0. The molecule has 0 N–H and O–H groups in total. The Labute approximate surface area is 160 Å². The molecule has 3 rings (SSSR count). The minimum Gasteiger partial charge on any atom is -0.341 e. The van der Waals surface area contributed by atoms with Gasteiger partial charge >= 0.3 is 0 Å². The Morgan fingerprint density at radius 3 is 2.22 bits per heavy atom. The van der Waals surface area contributed by atoms with E-state index in [-0.39, 0.29) is 17.9 Å². The summed E-state index contributed by atoms with van der Waals surface area (Å²) in [6, 6.07) is 17.1. The van der Waals surface area contributed by atoms with E-state index >= 15 is 0 Å². The number of fused-ring (bicyclic) bond motifs is 1. The molecule has 4 nitrogen and oxygen atoms in total. The SMILES string of the molecule is CCCN(CCC)C(=O)Cn1cc(-c2ccccc2)c(=O)c2ccccc21. The maximum atomic E-state index is 13.0. The van der Waals surface area contributed by atoms with Gasteiger partial charge in [0.05, 0.1) is 5.52 Å². The fourth-order valence-corrected chi connectivity index (χ4v) is 3.45. The highest BCUT2D eigenvalue weighted by Crippen LogP contribution is 2.20. The van der Waals surface area contributed by atoms with Gasteiger partial charge in [0.1, 0.15) is 6.54 Å². The normalized spacial score (nSPS) is 10.9. The topological polar surface area (TPSA) is 42.3 Å². The van der Waals surface area contributed by atoms with E-state index in [1.165, 1.54) is 0 Å². The van der Waals surface area contributed by atoms with Crippen molar-refractivity contribution in [2.45, 2.75) is 33.2 Å². The fraction of sp³-hybridized carbons (Fsp3) is 0.304. The first-order chi connectivity index (χ1) is 13.2. The number of hydrogen-bond donors (Lipinski definition) is 0. The largest absolute Gasteiger partial charge is 0.341 e. The Balaban J connectivity index is 2.08. The van der Waals surface area contributed by atoms with Crippen molar-refractivity contribution >= 4 is 16.8 Å². The van der Waals surface area contributed by atoms with E-state index in [4.69, 9.17) is 0 Å². The van der Waals surface area contributed by atoms with Crippen molar-refractivity contribution in [2.24, 2.45) is 0 Å². The number of benzene rings is 2. The van der Waals surface area contributed by atoms with Crippen molar-refractivity contribution in [3.8, 4) is 11.1 Å². The molecule has 140 valence electrons. The van der Waals surface area contributed by atoms with Gasteiger partial charge in [0.25, 0.3) is 0 Å². The first-order valence-corrected chi connectivity index (χ1v) is 9.61. The van der Waals surface area contributed by atoms with Gasteiger partial charge in [-0.15, -0.1) is 0 Å². The number of para-hydroxylation sites is 1. The highest BCUT2D eigenvalue weighted by atomic mass is 16.2. The number of hydrogen-bond acceptors (Lipinski definition) is 2. The molecule has 0 saturated heterocycles. The highest BCUT2D eigenvalue weighted by Gasteiger charge is 2.16. The van der Waals surface area contributed by atoms with Crippen LogP contribution in [0.2, 0.25) is 0 Å². The summed E-state index contributed by atoms with van der Waals surface area (Å²) in [5, 5.41) is 0.643. The zero-order valence-corrected chi connectivity index (χ0v) is 16.0. The van der Waals surface area contributed by atoms with E-state index in [1.54, 1.807) is 0 Å². The molecule has 0 aliphatic heterocycles. The van der Waals surface area contributed by atoms with Crippen LogP contribution in [-0.4, -0.2) is 28.5 Å². The van der Waals surface area contributed by atoms with Crippen LogP contribution in [0.4, 0.5) is 0 Å². The summed E-state index contributed by atoms with van der Waals surface area (Å²) < 4.78 is 1.92. The van der Waals surface area contributed by atoms with Crippen molar-refractivity contribution in [3.63, 3.8) is 0 Å². The molecule has 3 aromatic rings. The Morgan fingerprint density at radius 1 is 0.926 bits per heavy atom. The van der Waals surface area contributed by atoms with Crippen LogP contribution in [0, 0.1) is 0 Å². The maximum absolute atomic E-state index is 13.0. The third kappa shape index (κ3) is 4.11. The standard InChI is InChI=1S/C23H26N2O2/c1-3-14-24(15-4-2)22(26)17-25-16-20(18-10-6-5-7-11-18)23(27)19-12-8-9-13-21(19)25/h5-13,16H,3-4,14-15,17H2,1-2H3. The van der Waals surface area contributed by atoms with Gasteiger partial charge < -0.3 is 9.47 Å². The smallest absolute Gasteiger partial charge is 0.242 e. The van der Waals surface area contributed by atoms with Crippen molar-refractivity contribution < 1.29 is 4.79 Å². The van der Waals surface area contributed by atoms with E-state index in [9.17, 15) is 9.59 Å². The number of carbonyl (C=O) groups is 1. The quantitative estimate of drug-likeness (QED) is 0.628. The van der Waals surface area contributed by atoms with Gasteiger partial charge in [-0.25, -0.2) is 0 Å². The minimum absolute atomic E-state index is 0.000489. The second-order valence-electron chi connectivity index (χ2n) is 6.76. The van der Waals surface area contributed by atoms with Crippen molar-refractivity contribution in [1.29, 1.82) is 0 Å². The minimum atomic E-state index is -0.000489. The number of pyridine rings is 1.